The lowest BCUT2D eigenvalue weighted by atomic mass is 10.1. The largest absolute Gasteiger partial charge is 0.573 e. The minimum atomic E-state index is -4.78. The third-order valence-electron chi connectivity index (χ3n) is 4.14. The van der Waals surface area contributed by atoms with Gasteiger partial charge in [-0.25, -0.2) is 9.97 Å². The van der Waals surface area contributed by atoms with Crippen molar-refractivity contribution in [2.45, 2.75) is 12.4 Å². The van der Waals surface area contributed by atoms with E-state index in [-0.39, 0.29) is 11.3 Å². The Balaban J connectivity index is 1.97. The number of rotatable bonds is 7. The zero-order valence-corrected chi connectivity index (χ0v) is 15.3. The summed E-state index contributed by atoms with van der Waals surface area (Å²) in [5, 5.41) is 6.74. The lowest BCUT2D eigenvalue weighted by Crippen LogP contribution is -2.24. The van der Waals surface area contributed by atoms with Gasteiger partial charge in [0.1, 0.15) is 17.9 Å². The lowest BCUT2D eigenvalue weighted by Gasteiger charge is -2.21. The van der Waals surface area contributed by atoms with Gasteiger partial charge in [-0.15, -0.1) is 13.2 Å². The number of hydrogen-bond donors (Lipinski definition) is 3. The minimum Gasteiger partial charge on any atom is -0.406 e. The Bertz CT molecular complexity index is 1030. The molecule has 0 radical (unpaired) electrons. The second-order valence-electron chi connectivity index (χ2n) is 6.16. The number of halogens is 3. The summed E-state index contributed by atoms with van der Waals surface area (Å²) in [6.45, 7) is 0.385. The van der Waals surface area contributed by atoms with E-state index in [2.05, 4.69) is 25.3 Å². The number of primary amides is 1. The number of nitrogens with two attached hydrogens (primary N) is 1. The standard InChI is InChI=1S/C19H18F3N5O2/c1-24-9-15(11-4-2-5-12(8-11)29-19(20,21)22)27-18-14-7-3-6-13(17(23)28)16(14)25-10-26-18/h2-8,10,15,24H,9H2,1H3,(H2,23,28)(H,25,26,27). The van der Waals surface area contributed by atoms with Gasteiger partial charge in [0, 0.05) is 11.9 Å². The van der Waals surface area contributed by atoms with Crippen molar-refractivity contribution >= 4 is 22.6 Å². The van der Waals surface area contributed by atoms with Gasteiger partial charge in [0.05, 0.1) is 17.1 Å². The Labute approximate surface area is 164 Å². The molecule has 1 unspecified atom stereocenters. The van der Waals surface area contributed by atoms with Crippen LogP contribution in [0.2, 0.25) is 0 Å². The summed E-state index contributed by atoms with van der Waals surface area (Å²) >= 11 is 0. The summed E-state index contributed by atoms with van der Waals surface area (Å²) in [6.07, 6.45) is -3.49. The van der Waals surface area contributed by atoms with Gasteiger partial charge in [0.2, 0.25) is 0 Å². The van der Waals surface area contributed by atoms with E-state index < -0.39 is 18.3 Å². The Hall–Kier alpha value is -3.40. The van der Waals surface area contributed by atoms with Crippen molar-refractivity contribution in [3.05, 3.63) is 59.9 Å². The predicted molar refractivity (Wildman–Crippen MR) is 101 cm³/mol. The molecule has 152 valence electrons. The van der Waals surface area contributed by atoms with Crippen LogP contribution in [0.1, 0.15) is 22.0 Å². The Morgan fingerprint density at radius 2 is 1.97 bits per heavy atom. The van der Waals surface area contributed by atoms with Crippen molar-refractivity contribution in [1.29, 1.82) is 0 Å². The second kappa shape index (κ2) is 8.31. The quantitative estimate of drug-likeness (QED) is 0.559. The third kappa shape index (κ3) is 4.91. The number of hydrogen-bond acceptors (Lipinski definition) is 6. The number of fused-ring (bicyclic) bond motifs is 1. The van der Waals surface area contributed by atoms with Crippen LogP contribution in [0, 0.1) is 0 Å². The van der Waals surface area contributed by atoms with Gasteiger partial charge in [0.25, 0.3) is 5.91 Å². The molecule has 29 heavy (non-hydrogen) atoms. The van der Waals surface area contributed by atoms with Crippen LogP contribution in [-0.4, -0.2) is 35.8 Å². The van der Waals surface area contributed by atoms with Crippen LogP contribution in [0.25, 0.3) is 10.9 Å². The number of para-hydroxylation sites is 1. The third-order valence-corrected chi connectivity index (χ3v) is 4.14. The number of amides is 1. The van der Waals surface area contributed by atoms with Gasteiger partial charge in [-0.3, -0.25) is 4.79 Å². The number of alkyl halides is 3. The van der Waals surface area contributed by atoms with Gasteiger partial charge < -0.3 is 21.1 Å². The zero-order chi connectivity index (χ0) is 21.0. The van der Waals surface area contributed by atoms with Crippen LogP contribution in [0.5, 0.6) is 5.75 Å². The summed E-state index contributed by atoms with van der Waals surface area (Å²) in [5.41, 5.74) is 6.59. The molecule has 3 aromatic rings. The molecule has 1 amide bonds. The van der Waals surface area contributed by atoms with Crippen LogP contribution in [-0.2, 0) is 0 Å². The number of ether oxygens (including phenoxy) is 1. The highest BCUT2D eigenvalue weighted by atomic mass is 19.4. The maximum Gasteiger partial charge on any atom is 0.573 e. The molecule has 0 aliphatic rings. The number of benzene rings is 2. The topological polar surface area (TPSA) is 102 Å². The molecule has 1 aromatic heterocycles. The summed E-state index contributed by atoms with van der Waals surface area (Å²) in [5.74, 6) is -0.522. The molecule has 1 atom stereocenters. The maximum absolute atomic E-state index is 12.5. The van der Waals surface area contributed by atoms with E-state index in [1.807, 2.05) is 0 Å². The number of carbonyl (C=O) groups is 1. The molecular formula is C19H18F3N5O2. The molecule has 0 bridgehead atoms. The molecule has 7 nitrogen and oxygen atoms in total. The zero-order valence-electron chi connectivity index (χ0n) is 15.3. The van der Waals surface area contributed by atoms with Gasteiger partial charge >= 0.3 is 6.36 Å². The van der Waals surface area contributed by atoms with Crippen molar-refractivity contribution in [2.24, 2.45) is 5.73 Å². The van der Waals surface area contributed by atoms with Crippen LogP contribution in [0.4, 0.5) is 19.0 Å². The molecule has 4 N–H and O–H groups in total. The number of anilines is 1. The van der Waals surface area contributed by atoms with E-state index in [1.54, 1.807) is 31.3 Å². The van der Waals surface area contributed by atoms with Crippen molar-refractivity contribution in [1.82, 2.24) is 15.3 Å². The van der Waals surface area contributed by atoms with Crippen molar-refractivity contribution in [2.75, 3.05) is 18.9 Å². The summed E-state index contributed by atoms with van der Waals surface area (Å²) in [7, 11) is 1.72. The Morgan fingerprint density at radius 1 is 1.21 bits per heavy atom. The highest BCUT2D eigenvalue weighted by Gasteiger charge is 2.31. The van der Waals surface area contributed by atoms with Crippen molar-refractivity contribution < 1.29 is 22.7 Å². The van der Waals surface area contributed by atoms with E-state index in [0.29, 0.717) is 28.8 Å². The van der Waals surface area contributed by atoms with E-state index in [0.717, 1.165) is 0 Å². The van der Waals surface area contributed by atoms with E-state index in [4.69, 9.17) is 5.73 Å². The molecule has 3 rings (SSSR count). The smallest absolute Gasteiger partial charge is 0.406 e. The molecule has 0 spiro atoms. The molecule has 2 aromatic carbocycles. The fraction of sp³-hybridized carbons (Fsp3) is 0.211. The lowest BCUT2D eigenvalue weighted by molar-refractivity contribution is -0.274. The fourth-order valence-corrected chi connectivity index (χ4v) is 2.95. The first-order valence-corrected chi connectivity index (χ1v) is 8.59. The van der Waals surface area contributed by atoms with Crippen LogP contribution in [0.3, 0.4) is 0 Å². The first-order chi connectivity index (χ1) is 13.8. The first kappa shape index (κ1) is 20.3. The van der Waals surface area contributed by atoms with Crippen LogP contribution in [0.15, 0.2) is 48.8 Å². The maximum atomic E-state index is 12.5. The van der Waals surface area contributed by atoms with Crippen molar-refractivity contribution in [3.8, 4) is 5.75 Å². The minimum absolute atomic E-state index is 0.249. The monoisotopic (exact) mass is 405 g/mol. The SMILES string of the molecule is CNCC(Nc1ncnc2c(C(N)=O)cccc12)c1cccc(OC(F)(F)F)c1. The molecule has 1 heterocycles. The van der Waals surface area contributed by atoms with Crippen LogP contribution < -0.4 is 21.1 Å². The number of nitrogens with zero attached hydrogens (tertiary/aromatic N) is 2. The van der Waals surface area contributed by atoms with Crippen LogP contribution >= 0.6 is 0 Å². The van der Waals surface area contributed by atoms with Crippen molar-refractivity contribution in [3.63, 3.8) is 0 Å². The molecule has 0 saturated heterocycles. The van der Waals surface area contributed by atoms with Gasteiger partial charge in [-0.2, -0.15) is 0 Å². The van der Waals surface area contributed by atoms with Gasteiger partial charge in [-0.1, -0.05) is 18.2 Å². The van der Waals surface area contributed by atoms with E-state index in [9.17, 15) is 18.0 Å². The van der Waals surface area contributed by atoms with Gasteiger partial charge in [-0.05, 0) is 36.9 Å². The molecular weight excluding hydrogens is 387 g/mol. The van der Waals surface area contributed by atoms with E-state index >= 15 is 0 Å². The highest BCUT2D eigenvalue weighted by Crippen LogP contribution is 2.29. The highest BCUT2D eigenvalue weighted by molar-refractivity contribution is 6.06. The molecule has 0 fully saturated rings. The van der Waals surface area contributed by atoms with Gasteiger partial charge in [0.15, 0.2) is 0 Å². The Kier molecular flexibility index (Phi) is 5.83. The average Bonchev–Trinajstić information content (AvgIpc) is 2.66. The molecule has 10 heteroatoms. The summed E-state index contributed by atoms with van der Waals surface area (Å²) < 4.78 is 41.6. The number of nitrogens with one attached hydrogen (secondary N) is 2. The number of likely N-dealkylation sites (N-methyl/N-ethyl adjacent to an activating group) is 1. The predicted octanol–water partition coefficient (Wildman–Crippen LogP) is 3.00. The number of carbonyl (C=O) groups excluding carboxylic acids is 1. The number of aromatic nitrogens is 2. The normalized spacial score (nSPS) is 12.6. The summed E-state index contributed by atoms with van der Waals surface area (Å²) in [4.78, 5) is 20.0. The van der Waals surface area contributed by atoms with E-state index in [1.165, 1.54) is 24.5 Å². The fourth-order valence-electron chi connectivity index (χ4n) is 2.95. The molecule has 0 aliphatic carbocycles. The molecule has 0 saturated carbocycles. The Morgan fingerprint density at radius 3 is 2.66 bits per heavy atom. The first-order valence-electron chi connectivity index (χ1n) is 8.59. The summed E-state index contributed by atoms with van der Waals surface area (Å²) in [6, 6.07) is 10.2. The molecule has 0 aliphatic heterocycles. The average molecular weight is 405 g/mol. The second-order valence-corrected chi connectivity index (χ2v) is 6.16.